The molecule has 0 radical (unpaired) electrons. The molecule has 1 saturated heterocycles. The van der Waals surface area contributed by atoms with E-state index >= 15 is 0 Å². The molecule has 2 N–H and O–H groups in total. The number of nitrogens with one attached hydrogen (secondary N) is 1. The Bertz CT molecular complexity index is 981. The molecule has 1 aliphatic heterocycles. The number of anilines is 2. The van der Waals surface area contributed by atoms with Crippen LogP contribution in [0.25, 0.3) is 20.4 Å². The van der Waals surface area contributed by atoms with Gasteiger partial charge in [-0.05, 0) is 61.3 Å². The molecule has 3 aromatic rings. The summed E-state index contributed by atoms with van der Waals surface area (Å²) < 4.78 is 0.990. The van der Waals surface area contributed by atoms with Crippen LogP contribution >= 0.6 is 11.3 Å². The van der Waals surface area contributed by atoms with Gasteiger partial charge in [-0.25, -0.2) is 4.98 Å². The maximum Gasteiger partial charge on any atom is 0.170 e. The molecular formula is C19H24N6OS. The number of hydrogen-bond donors (Lipinski definition) is 2. The average molecular weight is 385 g/mol. The number of aryl methyl sites for hydroxylation is 1. The molecule has 0 aromatic carbocycles. The number of thiophene rings is 1. The molecule has 1 fully saturated rings. The lowest BCUT2D eigenvalue weighted by Crippen LogP contribution is -2.31. The third-order valence-electron chi connectivity index (χ3n) is 5.68. The third-order valence-corrected chi connectivity index (χ3v) is 6.76. The largest absolute Gasteiger partial charge is 0.395 e. The second-order valence-electron chi connectivity index (χ2n) is 7.40. The number of piperidine rings is 1. The lowest BCUT2D eigenvalue weighted by molar-refractivity contribution is 0.311. The molecule has 7 nitrogen and oxygen atoms in total. The highest BCUT2D eigenvalue weighted by Crippen LogP contribution is 2.42. The predicted molar refractivity (Wildman–Crippen MR) is 109 cm³/mol. The van der Waals surface area contributed by atoms with Gasteiger partial charge in [0.25, 0.3) is 0 Å². The minimum Gasteiger partial charge on any atom is -0.395 e. The van der Waals surface area contributed by atoms with E-state index in [9.17, 15) is 0 Å². The van der Waals surface area contributed by atoms with Crippen molar-refractivity contribution < 1.29 is 5.11 Å². The number of aliphatic hydroxyl groups is 1. The number of pyridine rings is 1. The Balaban J connectivity index is 1.73. The van der Waals surface area contributed by atoms with Crippen LogP contribution in [0.4, 0.5) is 11.6 Å². The molecule has 8 heteroatoms. The van der Waals surface area contributed by atoms with Crippen molar-refractivity contribution >= 4 is 43.4 Å². The first-order valence-corrected chi connectivity index (χ1v) is 10.8. The Kier molecular flexibility index (Phi) is 4.53. The van der Waals surface area contributed by atoms with Crippen LogP contribution in [0, 0.1) is 0 Å². The predicted octanol–water partition coefficient (Wildman–Crippen LogP) is 2.91. The zero-order chi connectivity index (χ0) is 18.2. The van der Waals surface area contributed by atoms with Crippen molar-refractivity contribution in [1.29, 1.82) is 0 Å². The summed E-state index contributed by atoms with van der Waals surface area (Å²) >= 11 is 1.64. The minimum atomic E-state index is 0.0587. The topological polar surface area (TPSA) is 87.1 Å². The first kappa shape index (κ1) is 17.1. The van der Waals surface area contributed by atoms with Gasteiger partial charge < -0.3 is 15.3 Å². The number of fused-ring (bicyclic) bond motifs is 5. The second kappa shape index (κ2) is 7.16. The van der Waals surface area contributed by atoms with E-state index in [1.54, 1.807) is 11.3 Å². The number of nitrogens with zero attached hydrogens (tertiary/aromatic N) is 5. The van der Waals surface area contributed by atoms with Crippen LogP contribution in [0.3, 0.4) is 0 Å². The van der Waals surface area contributed by atoms with Crippen molar-refractivity contribution in [3.63, 3.8) is 0 Å². The molecule has 4 heterocycles. The number of rotatable bonds is 4. The average Bonchev–Trinajstić information content (AvgIpc) is 3.11. The molecule has 3 aromatic heterocycles. The summed E-state index contributed by atoms with van der Waals surface area (Å²) in [7, 11) is 0. The van der Waals surface area contributed by atoms with Gasteiger partial charge in [0.15, 0.2) is 5.82 Å². The fourth-order valence-electron chi connectivity index (χ4n) is 4.42. The van der Waals surface area contributed by atoms with E-state index in [-0.39, 0.29) is 6.61 Å². The molecular weight excluding hydrogens is 360 g/mol. The van der Waals surface area contributed by atoms with Crippen molar-refractivity contribution in [2.24, 2.45) is 0 Å². The van der Waals surface area contributed by atoms with Crippen molar-refractivity contribution in [3.8, 4) is 0 Å². The maximum atomic E-state index is 9.14. The van der Waals surface area contributed by atoms with Gasteiger partial charge in [0.05, 0.1) is 6.61 Å². The fourth-order valence-corrected chi connectivity index (χ4v) is 5.52. The van der Waals surface area contributed by atoms with Gasteiger partial charge in [-0.2, -0.15) is 0 Å². The summed E-state index contributed by atoms with van der Waals surface area (Å²) in [5, 5.41) is 26.0. The summed E-state index contributed by atoms with van der Waals surface area (Å²) in [5.74, 6) is 1.90. The van der Waals surface area contributed by atoms with Crippen LogP contribution in [0.2, 0.25) is 0 Å². The molecule has 0 unspecified atom stereocenters. The standard InChI is InChI=1S/C19H24N6OS/c26-11-8-20-17-16-15(22-24-23-17)14-12-6-2-3-7-13(12)18(21-19(14)27-16)25-9-4-1-5-10-25/h26H,1-11H2,(H,20,22,23). The van der Waals surface area contributed by atoms with Gasteiger partial charge in [-0.3, -0.25) is 0 Å². The van der Waals surface area contributed by atoms with E-state index in [4.69, 9.17) is 10.1 Å². The molecule has 27 heavy (non-hydrogen) atoms. The Hall–Kier alpha value is -2.06. The smallest absolute Gasteiger partial charge is 0.170 e. The molecule has 0 spiro atoms. The Morgan fingerprint density at radius 1 is 1.00 bits per heavy atom. The van der Waals surface area contributed by atoms with Gasteiger partial charge in [0.2, 0.25) is 0 Å². The van der Waals surface area contributed by atoms with Crippen LogP contribution in [0.15, 0.2) is 0 Å². The zero-order valence-electron chi connectivity index (χ0n) is 15.4. The monoisotopic (exact) mass is 384 g/mol. The van der Waals surface area contributed by atoms with Crippen molar-refractivity contribution in [2.45, 2.75) is 44.9 Å². The summed E-state index contributed by atoms with van der Waals surface area (Å²) in [6.45, 7) is 2.73. The van der Waals surface area contributed by atoms with Gasteiger partial charge in [0.1, 0.15) is 20.9 Å². The van der Waals surface area contributed by atoms with Crippen LogP contribution < -0.4 is 10.2 Å². The van der Waals surface area contributed by atoms with E-state index < -0.39 is 0 Å². The first-order valence-electron chi connectivity index (χ1n) is 9.94. The molecule has 142 valence electrons. The van der Waals surface area contributed by atoms with Gasteiger partial charge in [0, 0.05) is 25.0 Å². The van der Waals surface area contributed by atoms with Crippen molar-refractivity contribution in [1.82, 2.24) is 20.4 Å². The number of aliphatic hydroxyl groups excluding tert-OH is 1. The molecule has 0 atom stereocenters. The fraction of sp³-hybridized carbons (Fsp3) is 0.579. The van der Waals surface area contributed by atoms with Crippen molar-refractivity contribution in [2.75, 3.05) is 36.5 Å². The lowest BCUT2D eigenvalue weighted by Gasteiger charge is -2.31. The highest BCUT2D eigenvalue weighted by Gasteiger charge is 2.26. The summed E-state index contributed by atoms with van der Waals surface area (Å²) in [4.78, 5) is 8.68. The van der Waals surface area contributed by atoms with E-state index in [1.807, 2.05) is 0 Å². The molecule has 0 amide bonds. The van der Waals surface area contributed by atoms with Crippen LogP contribution in [0.5, 0.6) is 0 Å². The maximum absolute atomic E-state index is 9.14. The molecule has 1 aliphatic carbocycles. The quantitative estimate of drug-likeness (QED) is 0.715. The Morgan fingerprint density at radius 3 is 2.63 bits per heavy atom. The number of aromatic nitrogens is 4. The summed E-state index contributed by atoms with van der Waals surface area (Å²) in [5.41, 5.74) is 3.76. The zero-order valence-corrected chi connectivity index (χ0v) is 16.2. The molecule has 0 bridgehead atoms. The first-order chi connectivity index (χ1) is 13.4. The third kappa shape index (κ3) is 2.91. The lowest BCUT2D eigenvalue weighted by atomic mass is 9.89. The highest BCUT2D eigenvalue weighted by atomic mass is 32.1. The Labute approximate surface area is 161 Å². The summed E-state index contributed by atoms with van der Waals surface area (Å²) in [6.07, 6.45) is 8.48. The minimum absolute atomic E-state index is 0.0587. The highest BCUT2D eigenvalue weighted by molar-refractivity contribution is 7.26. The molecule has 0 saturated carbocycles. The molecule has 5 rings (SSSR count). The van der Waals surface area contributed by atoms with E-state index in [0.29, 0.717) is 12.4 Å². The van der Waals surface area contributed by atoms with Crippen LogP contribution in [-0.4, -0.2) is 51.7 Å². The van der Waals surface area contributed by atoms with Crippen LogP contribution in [-0.2, 0) is 12.8 Å². The van der Waals surface area contributed by atoms with Gasteiger partial charge >= 0.3 is 0 Å². The SMILES string of the molecule is OCCNc1nnnc2c1sc1nc(N3CCCCC3)c3c(c12)CCCC3. The van der Waals surface area contributed by atoms with E-state index in [1.165, 1.54) is 54.4 Å². The van der Waals surface area contributed by atoms with Gasteiger partial charge in [-0.15, -0.1) is 21.5 Å². The summed E-state index contributed by atoms with van der Waals surface area (Å²) in [6, 6.07) is 0. The van der Waals surface area contributed by atoms with Crippen LogP contribution in [0.1, 0.15) is 43.2 Å². The van der Waals surface area contributed by atoms with Gasteiger partial charge in [-0.1, -0.05) is 0 Å². The van der Waals surface area contributed by atoms with E-state index in [2.05, 4.69) is 25.6 Å². The number of hydrogen-bond acceptors (Lipinski definition) is 8. The molecule has 2 aliphatic rings. The Morgan fingerprint density at radius 2 is 1.81 bits per heavy atom. The normalized spacial score (nSPS) is 17.4. The second-order valence-corrected chi connectivity index (χ2v) is 8.39. The van der Waals surface area contributed by atoms with E-state index in [0.717, 1.165) is 41.0 Å². The van der Waals surface area contributed by atoms with Crippen molar-refractivity contribution in [3.05, 3.63) is 11.1 Å².